The van der Waals surface area contributed by atoms with Crippen LogP contribution in [0.1, 0.15) is 18.4 Å². The first-order valence-electron chi connectivity index (χ1n) is 13.4. The zero-order valence-corrected chi connectivity index (χ0v) is 23.3. The van der Waals surface area contributed by atoms with Crippen molar-refractivity contribution in [2.45, 2.75) is 31.9 Å². The van der Waals surface area contributed by atoms with E-state index < -0.39 is 5.60 Å². The highest BCUT2D eigenvalue weighted by Gasteiger charge is 2.42. The summed E-state index contributed by atoms with van der Waals surface area (Å²) in [6, 6.07) is 13.2. The lowest BCUT2D eigenvalue weighted by atomic mass is 9.96. The molecule has 1 atom stereocenters. The lowest BCUT2D eigenvalue weighted by molar-refractivity contribution is -0.166. The lowest BCUT2D eigenvalue weighted by Gasteiger charge is -2.43. The fourth-order valence-corrected chi connectivity index (χ4v) is 5.23. The summed E-state index contributed by atoms with van der Waals surface area (Å²) in [6.07, 6.45) is 0.411. The van der Waals surface area contributed by atoms with Crippen LogP contribution in [0.4, 0.5) is 0 Å². The van der Waals surface area contributed by atoms with Crippen molar-refractivity contribution >= 4 is 34.4 Å². The van der Waals surface area contributed by atoms with Gasteiger partial charge in [-0.15, -0.1) is 5.10 Å². The zero-order valence-electron chi connectivity index (χ0n) is 22.5. The van der Waals surface area contributed by atoms with Crippen molar-refractivity contribution in [2.24, 2.45) is 0 Å². The van der Waals surface area contributed by atoms with Crippen molar-refractivity contribution < 1.29 is 19.1 Å². The molecule has 39 heavy (non-hydrogen) atoms. The van der Waals surface area contributed by atoms with E-state index in [2.05, 4.69) is 22.3 Å². The number of hydrogen-bond acceptors (Lipinski definition) is 7. The number of amides is 2. The summed E-state index contributed by atoms with van der Waals surface area (Å²) in [4.78, 5) is 32.6. The Morgan fingerprint density at radius 1 is 1.05 bits per heavy atom. The number of hydrogen-bond donors (Lipinski definition) is 0. The highest BCUT2D eigenvalue weighted by Crippen LogP contribution is 2.28. The van der Waals surface area contributed by atoms with Gasteiger partial charge in [-0.05, 0) is 49.9 Å². The third-order valence-electron chi connectivity index (χ3n) is 7.52. The predicted molar refractivity (Wildman–Crippen MR) is 148 cm³/mol. The number of carbonyl (C=O) groups excluding carboxylic acids is 2. The second-order valence-electron chi connectivity index (χ2n) is 10.5. The van der Waals surface area contributed by atoms with E-state index in [4.69, 9.17) is 21.1 Å². The van der Waals surface area contributed by atoms with E-state index in [0.717, 1.165) is 29.7 Å². The lowest BCUT2D eigenvalue weighted by Crippen LogP contribution is -2.59. The van der Waals surface area contributed by atoms with Crippen molar-refractivity contribution in [3.8, 4) is 5.75 Å². The van der Waals surface area contributed by atoms with Gasteiger partial charge >= 0.3 is 0 Å². The first kappa shape index (κ1) is 27.4. The van der Waals surface area contributed by atoms with Crippen molar-refractivity contribution in [2.75, 3.05) is 59.5 Å². The van der Waals surface area contributed by atoms with Gasteiger partial charge < -0.3 is 24.2 Å². The minimum absolute atomic E-state index is 0.0161. The number of benzene rings is 2. The standard InChI is InChI=1S/C28H35ClN6O4/c1-21-17-22(7-8-23(21)29)38-20-28(18-27(37)33-13-11-32(2)12-14-33)19-34(15-16-39-28)26(36)9-10-35-25-6-4-3-5-24(25)30-31-35/h3-8,17H,9-16,18-20H2,1-2H3/t28-/m1/s1. The number of fused-ring (bicyclic) bond motifs is 1. The summed E-state index contributed by atoms with van der Waals surface area (Å²) >= 11 is 6.19. The smallest absolute Gasteiger partial charge is 0.225 e. The number of halogens is 1. The average Bonchev–Trinajstić information content (AvgIpc) is 3.36. The third-order valence-corrected chi connectivity index (χ3v) is 7.94. The molecule has 2 fully saturated rings. The van der Waals surface area contributed by atoms with Crippen LogP contribution < -0.4 is 4.74 Å². The number of morpholine rings is 1. The van der Waals surface area contributed by atoms with Gasteiger partial charge in [0.25, 0.3) is 0 Å². The van der Waals surface area contributed by atoms with Crippen LogP contribution in [-0.4, -0.2) is 107 Å². The van der Waals surface area contributed by atoms with Crippen molar-refractivity contribution in [1.82, 2.24) is 29.7 Å². The van der Waals surface area contributed by atoms with Gasteiger partial charge in [0.1, 0.15) is 23.5 Å². The van der Waals surface area contributed by atoms with Gasteiger partial charge in [-0.2, -0.15) is 0 Å². The molecule has 0 bridgehead atoms. The van der Waals surface area contributed by atoms with Crippen LogP contribution in [0.2, 0.25) is 5.02 Å². The summed E-state index contributed by atoms with van der Waals surface area (Å²) < 4.78 is 14.2. The van der Waals surface area contributed by atoms with Crippen LogP contribution in [-0.2, 0) is 20.9 Å². The molecular weight excluding hydrogens is 520 g/mol. The van der Waals surface area contributed by atoms with Gasteiger partial charge in [-0.3, -0.25) is 9.59 Å². The molecule has 208 valence electrons. The van der Waals surface area contributed by atoms with Crippen LogP contribution >= 0.6 is 11.6 Å². The molecule has 0 unspecified atom stereocenters. The summed E-state index contributed by atoms with van der Waals surface area (Å²) in [7, 11) is 2.06. The number of piperazine rings is 1. The number of ether oxygens (including phenoxy) is 2. The largest absolute Gasteiger partial charge is 0.490 e. The fraction of sp³-hybridized carbons (Fsp3) is 0.500. The molecule has 11 heteroatoms. The van der Waals surface area contributed by atoms with E-state index in [1.165, 1.54) is 0 Å². The number of aromatic nitrogens is 3. The van der Waals surface area contributed by atoms with Crippen LogP contribution in [0.15, 0.2) is 42.5 Å². The molecule has 0 aliphatic carbocycles. The van der Waals surface area contributed by atoms with Gasteiger partial charge in [0.05, 0.1) is 31.6 Å². The Balaban J connectivity index is 1.28. The Hall–Kier alpha value is -3.21. The summed E-state index contributed by atoms with van der Waals surface area (Å²) in [5.41, 5.74) is 1.64. The van der Waals surface area contributed by atoms with E-state index >= 15 is 0 Å². The predicted octanol–water partition coefficient (Wildman–Crippen LogP) is 2.62. The molecule has 3 heterocycles. The van der Waals surface area contributed by atoms with Crippen LogP contribution in [0.3, 0.4) is 0 Å². The molecule has 0 N–H and O–H groups in total. The number of carbonyl (C=O) groups is 2. The molecule has 3 aromatic rings. The van der Waals surface area contributed by atoms with E-state index in [-0.39, 0.29) is 37.8 Å². The molecule has 0 radical (unpaired) electrons. The number of para-hydroxylation sites is 1. The van der Waals surface area contributed by atoms with E-state index in [0.29, 0.717) is 43.6 Å². The summed E-state index contributed by atoms with van der Waals surface area (Å²) in [6.45, 7) is 6.57. The normalized spacial score (nSPS) is 20.4. The average molecular weight is 555 g/mol. The second kappa shape index (κ2) is 11.9. The van der Waals surface area contributed by atoms with Gasteiger partial charge in [-0.1, -0.05) is 28.9 Å². The maximum absolute atomic E-state index is 13.4. The van der Waals surface area contributed by atoms with Crippen LogP contribution in [0.5, 0.6) is 5.75 Å². The first-order chi connectivity index (χ1) is 18.8. The Morgan fingerprint density at radius 2 is 1.85 bits per heavy atom. The fourth-order valence-electron chi connectivity index (χ4n) is 5.11. The number of likely N-dealkylation sites (N-methyl/N-ethyl adjacent to an activating group) is 1. The maximum atomic E-state index is 13.4. The van der Waals surface area contributed by atoms with Gasteiger partial charge in [0.15, 0.2) is 0 Å². The maximum Gasteiger partial charge on any atom is 0.225 e. The Labute approximate surface area is 233 Å². The highest BCUT2D eigenvalue weighted by atomic mass is 35.5. The molecule has 2 saturated heterocycles. The minimum atomic E-state index is -0.957. The number of aryl methyl sites for hydroxylation is 2. The molecule has 2 amide bonds. The second-order valence-corrected chi connectivity index (χ2v) is 10.9. The van der Waals surface area contributed by atoms with Gasteiger partial charge in [-0.25, -0.2) is 4.68 Å². The van der Waals surface area contributed by atoms with Crippen molar-refractivity contribution in [3.05, 3.63) is 53.1 Å². The van der Waals surface area contributed by atoms with Crippen LogP contribution in [0.25, 0.3) is 11.0 Å². The SMILES string of the molecule is Cc1cc(OC[C@@]2(CC(=O)N3CCN(C)CC3)CN(C(=O)CCn3nnc4ccccc43)CCO2)ccc1Cl. The molecule has 10 nitrogen and oxygen atoms in total. The molecule has 2 aromatic carbocycles. The zero-order chi connectivity index (χ0) is 27.4. The Morgan fingerprint density at radius 3 is 2.64 bits per heavy atom. The molecule has 1 aromatic heterocycles. The summed E-state index contributed by atoms with van der Waals surface area (Å²) in [5, 5.41) is 9.04. The first-order valence-corrected chi connectivity index (χ1v) is 13.7. The van der Waals surface area contributed by atoms with Crippen LogP contribution in [0, 0.1) is 6.92 Å². The summed E-state index contributed by atoms with van der Waals surface area (Å²) in [5.74, 6) is 0.646. The monoisotopic (exact) mass is 554 g/mol. The third kappa shape index (κ3) is 6.51. The van der Waals surface area contributed by atoms with Crippen molar-refractivity contribution in [1.29, 1.82) is 0 Å². The molecule has 2 aliphatic heterocycles. The Kier molecular flexibility index (Phi) is 8.34. The van der Waals surface area contributed by atoms with Crippen molar-refractivity contribution in [3.63, 3.8) is 0 Å². The highest BCUT2D eigenvalue weighted by molar-refractivity contribution is 6.31. The minimum Gasteiger partial charge on any atom is -0.490 e. The van der Waals surface area contributed by atoms with E-state index in [1.54, 1.807) is 21.7 Å². The molecule has 5 rings (SSSR count). The number of rotatable bonds is 8. The van der Waals surface area contributed by atoms with E-state index in [1.807, 2.05) is 42.2 Å². The molecular formula is C28H35ClN6O4. The molecule has 2 aliphatic rings. The molecule has 0 spiro atoms. The van der Waals surface area contributed by atoms with Gasteiger partial charge in [0.2, 0.25) is 11.8 Å². The van der Waals surface area contributed by atoms with E-state index in [9.17, 15) is 9.59 Å². The quantitative estimate of drug-likeness (QED) is 0.422. The molecule has 0 saturated carbocycles. The Bertz CT molecular complexity index is 1320. The van der Waals surface area contributed by atoms with Gasteiger partial charge in [0, 0.05) is 44.2 Å². The number of nitrogens with zero attached hydrogens (tertiary/aromatic N) is 6. The topological polar surface area (TPSA) is 93.0 Å².